The number of amides is 1. The summed E-state index contributed by atoms with van der Waals surface area (Å²) in [7, 11) is 0. The Kier molecular flexibility index (Phi) is 5.42. The first-order valence-corrected chi connectivity index (χ1v) is 10.8. The summed E-state index contributed by atoms with van der Waals surface area (Å²) in [6, 6.07) is 1.25. The fourth-order valence-electron chi connectivity index (χ4n) is 4.70. The summed E-state index contributed by atoms with van der Waals surface area (Å²) in [6.07, 6.45) is 6.16. The lowest BCUT2D eigenvalue weighted by Gasteiger charge is -2.35. The molecule has 1 fully saturated rings. The van der Waals surface area contributed by atoms with Gasteiger partial charge in [-0.25, -0.2) is 4.79 Å². The molecule has 1 atom stereocenters. The van der Waals surface area contributed by atoms with Gasteiger partial charge in [0.1, 0.15) is 12.3 Å². The Hall–Kier alpha value is -2.64. The van der Waals surface area contributed by atoms with E-state index in [1.54, 1.807) is 4.90 Å². The van der Waals surface area contributed by atoms with Crippen LogP contribution in [0.3, 0.4) is 0 Å². The van der Waals surface area contributed by atoms with Crippen LogP contribution in [0, 0.1) is 11.3 Å². The number of nitrogens with zero attached hydrogens (tertiary/aromatic N) is 3. The first kappa shape index (κ1) is 20.6. The van der Waals surface area contributed by atoms with E-state index in [-0.39, 0.29) is 23.8 Å². The highest BCUT2D eigenvalue weighted by Crippen LogP contribution is 2.41. The summed E-state index contributed by atoms with van der Waals surface area (Å²) < 4.78 is 7.04. The highest BCUT2D eigenvalue weighted by molar-refractivity contribution is 5.76. The van der Waals surface area contributed by atoms with Crippen LogP contribution in [0.1, 0.15) is 63.0 Å². The minimum absolute atomic E-state index is 0.0642. The molecule has 1 aliphatic carbocycles. The summed E-state index contributed by atoms with van der Waals surface area (Å²) in [5.74, 6) is 1.80. The third-order valence-corrected chi connectivity index (χ3v) is 6.73. The molecular formula is C22H30N4O4. The number of carbonyl (C=O) groups excluding carboxylic acids is 1. The van der Waals surface area contributed by atoms with E-state index in [0.717, 1.165) is 43.6 Å². The average molecular weight is 415 g/mol. The molecule has 0 aromatic carbocycles. The molecule has 8 nitrogen and oxygen atoms in total. The zero-order valence-corrected chi connectivity index (χ0v) is 17.9. The Bertz CT molecular complexity index is 1030. The van der Waals surface area contributed by atoms with E-state index >= 15 is 0 Å². The molecule has 1 N–H and O–H groups in total. The Morgan fingerprint density at radius 2 is 1.97 bits per heavy atom. The second kappa shape index (κ2) is 7.89. The van der Waals surface area contributed by atoms with Crippen LogP contribution in [0.4, 0.5) is 0 Å². The number of aryl methyl sites for hydroxylation is 1. The van der Waals surface area contributed by atoms with E-state index in [2.05, 4.69) is 30.9 Å². The molecule has 0 spiro atoms. The second-order valence-electron chi connectivity index (χ2n) is 9.67. The van der Waals surface area contributed by atoms with Gasteiger partial charge < -0.3 is 9.42 Å². The number of fused-ring (bicyclic) bond motifs is 1. The standard InChI is InChI=1S/C22H30N4O4/c1-22(2,3)15-4-5-17-16(12-15)20(30-24-17)14-6-9-25(10-7-14)19(28)13-26-11-8-18(27)23-21(26)29/h8,11,14-15H,4-7,9-10,12-13H2,1-3H3,(H,23,27,29). The Labute approximate surface area is 175 Å². The minimum Gasteiger partial charge on any atom is -0.361 e. The number of rotatable bonds is 3. The van der Waals surface area contributed by atoms with E-state index in [1.165, 1.54) is 22.4 Å². The van der Waals surface area contributed by atoms with Gasteiger partial charge in [0.2, 0.25) is 5.91 Å². The molecular weight excluding hydrogens is 384 g/mol. The van der Waals surface area contributed by atoms with Crippen molar-refractivity contribution in [2.75, 3.05) is 13.1 Å². The summed E-state index contributed by atoms with van der Waals surface area (Å²) in [5.41, 5.74) is 1.65. The van der Waals surface area contributed by atoms with E-state index in [9.17, 15) is 14.4 Å². The molecule has 1 unspecified atom stereocenters. The van der Waals surface area contributed by atoms with Gasteiger partial charge in [0.15, 0.2) is 0 Å². The highest BCUT2D eigenvalue weighted by Gasteiger charge is 2.35. The van der Waals surface area contributed by atoms with Gasteiger partial charge in [-0.05, 0) is 43.4 Å². The number of H-pyrrole nitrogens is 1. The molecule has 162 valence electrons. The lowest BCUT2D eigenvalue weighted by molar-refractivity contribution is -0.133. The molecule has 1 amide bonds. The van der Waals surface area contributed by atoms with Gasteiger partial charge in [-0.1, -0.05) is 25.9 Å². The number of likely N-dealkylation sites (tertiary alicyclic amines) is 1. The van der Waals surface area contributed by atoms with Crippen LogP contribution < -0.4 is 11.2 Å². The zero-order valence-electron chi connectivity index (χ0n) is 17.9. The molecule has 30 heavy (non-hydrogen) atoms. The maximum Gasteiger partial charge on any atom is 0.328 e. The number of nitrogens with one attached hydrogen (secondary N) is 1. The van der Waals surface area contributed by atoms with Gasteiger partial charge in [0.25, 0.3) is 5.56 Å². The summed E-state index contributed by atoms with van der Waals surface area (Å²) >= 11 is 0. The van der Waals surface area contributed by atoms with Crippen molar-refractivity contribution in [1.82, 2.24) is 19.6 Å². The molecule has 1 aliphatic heterocycles. The normalized spacial score (nSPS) is 20.2. The molecule has 2 aromatic heterocycles. The molecule has 0 bridgehead atoms. The van der Waals surface area contributed by atoms with Crippen LogP contribution >= 0.6 is 0 Å². The van der Waals surface area contributed by atoms with Crippen LogP contribution in [0.15, 0.2) is 26.4 Å². The van der Waals surface area contributed by atoms with Gasteiger partial charge in [0, 0.05) is 36.8 Å². The number of piperidine rings is 1. The molecule has 8 heteroatoms. The van der Waals surface area contributed by atoms with Crippen LogP contribution in [0.25, 0.3) is 0 Å². The van der Waals surface area contributed by atoms with Crippen molar-refractivity contribution in [2.24, 2.45) is 11.3 Å². The Morgan fingerprint density at radius 3 is 2.63 bits per heavy atom. The molecule has 0 radical (unpaired) electrons. The number of aromatic amines is 1. The van der Waals surface area contributed by atoms with Gasteiger partial charge >= 0.3 is 5.69 Å². The number of carbonyl (C=O) groups is 1. The predicted molar refractivity (Wildman–Crippen MR) is 111 cm³/mol. The number of hydrogen-bond donors (Lipinski definition) is 1. The topological polar surface area (TPSA) is 101 Å². The van der Waals surface area contributed by atoms with Gasteiger partial charge in [-0.2, -0.15) is 0 Å². The Morgan fingerprint density at radius 1 is 1.23 bits per heavy atom. The molecule has 2 aromatic rings. The van der Waals surface area contributed by atoms with E-state index in [0.29, 0.717) is 19.0 Å². The highest BCUT2D eigenvalue weighted by atomic mass is 16.5. The van der Waals surface area contributed by atoms with Gasteiger partial charge in [0.05, 0.1) is 5.69 Å². The van der Waals surface area contributed by atoms with Crippen molar-refractivity contribution in [3.63, 3.8) is 0 Å². The first-order valence-electron chi connectivity index (χ1n) is 10.8. The summed E-state index contributed by atoms with van der Waals surface area (Å²) in [5, 5.41) is 4.35. The maximum absolute atomic E-state index is 12.6. The first-order chi connectivity index (χ1) is 14.2. The van der Waals surface area contributed by atoms with Crippen molar-refractivity contribution in [1.29, 1.82) is 0 Å². The molecule has 2 aliphatic rings. The number of aromatic nitrogens is 3. The smallest absolute Gasteiger partial charge is 0.328 e. The van der Waals surface area contributed by atoms with Crippen molar-refractivity contribution in [2.45, 2.75) is 65.3 Å². The van der Waals surface area contributed by atoms with Crippen molar-refractivity contribution < 1.29 is 9.32 Å². The third-order valence-electron chi connectivity index (χ3n) is 6.73. The quantitative estimate of drug-likeness (QED) is 0.829. The van der Waals surface area contributed by atoms with Crippen molar-refractivity contribution >= 4 is 5.91 Å². The van der Waals surface area contributed by atoms with Crippen LogP contribution in [0.2, 0.25) is 0 Å². The second-order valence-corrected chi connectivity index (χ2v) is 9.67. The predicted octanol–water partition coefficient (Wildman–Crippen LogP) is 2.08. The zero-order chi connectivity index (χ0) is 21.5. The fraction of sp³-hybridized carbons (Fsp3) is 0.636. The van der Waals surface area contributed by atoms with Gasteiger partial charge in [-0.3, -0.25) is 19.1 Å². The fourth-order valence-corrected chi connectivity index (χ4v) is 4.70. The lowest BCUT2D eigenvalue weighted by Crippen LogP contribution is -2.42. The van der Waals surface area contributed by atoms with Crippen LogP contribution in [0.5, 0.6) is 0 Å². The monoisotopic (exact) mass is 414 g/mol. The molecule has 1 saturated heterocycles. The number of hydrogen-bond acceptors (Lipinski definition) is 5. The molecule has 4 rings (SSSR count). The van der Waals surface area contributed by atoms with E-state index in [1.807, 2.05) is 0 Å². The Balaban J connectivity index is 1.40. The summed E-state index contributed by atoms with van der Waals surface area (Å²) in [4.78, 5) is 39.6. The van der Waals surface area contributed by atoms with Crippen LogP contribution in [-0.4, -0.2) is 38.6 Å². The van der Waals surface area contributed by atoms with Gasteiger partial charge in [-0.15, -0.1) is 0 Å². The van der Waals surface area contributed by atoms with Crippen LogP contribution in [-0.2, 0) is 24.2 Å². The maximum atomic E-state index is 12.6. The molecule has 3 heterocycles. The van der Waals surface area contributed by atoms with E-state index < -0.39 is 11.2 Å². The summed E-state index contributed by atoms with van der Waals surface area (Å²) in [6.45, 7) is 8.08. The minimum atomic E-state index is -0.563. The molecule has 0 saturated carbocycles. The lowest BCUT2D eigenvalue weighted by atomic mass is 9.71. The SMILES string of the molecule is CC(C)(C)C1CCc2noc(C3CCN(C(=O)Cn4ccc(=O)[nH]c4=O)CC3)c2C1. The third kappa shape index (κ3) is 4.13. The average Bonchev–Trinajstić information content (AvgIpc) is 3.13. The van der Waals surface area contributed by atoms with Crippen molar-refractivity contribution in [3.05, 3.63) is 50.1 Å². The van der Waals surface area contributed by atoms with Crippen molar-refractivity contribution in [3.8, 4) is 0 Å². The van der Waals surface area contributed by atoms with E-state index in [4.69, 9.17) is 4.52 Å². The largest absolute Gasteiger partial charge is 0.361 e.